The van der Waals surface area contributed by atoms with E-state index in [1.807, 2.05) is 10.7 Å². The summed E-state index contributed by atoms with van der Waals surface area (Å²) >= 11 is 0. The Labute approximate surface area is 155 Å². The molecule has 26 heavy (non-hydrogen) atoms. The van der Waals surface area contributed by atoms with Crippen molar-refractivity contribution in [2.45, 2.75) is 38.4 Å². The first kappa shape index (κ1) is 18.9. The van der Waals surface area contributed by atoms with Crippen LogP contribution in [0.1, 0.15) is 25.2 Å². The third-order valence-electron chi connectivity index (χ3n) is 4.35. The van der Waals surface area contributed by atoms with Crippen molar-refractivity contribution in [3.8, 4) is 5.75 Å². The van der Waals surface area contributed by atoms with Crippen molar-refractivity contribution in [3.63, 3.8) is 0 Å². The summed E-state index contributed by atoms with van der Waals surface area (Å²) in [6, 6.07) is 8.41. The van der Waals surface area contributed by atoms with Crippen LogP contribution in [0, 0.1) is 5.92 Å². The van der Waals surface area contributed by atoms with Gasteiger partial charge in [0, 0.05) is 25.7 Å². The molecule has 2 heterocycles. The fourth-order valence-corrected chi connectivity index (χ4v) is 4.19. The van der Waals surface area contributed by atoms with Crippen LogP contribution in [-0.2, 0) is 29.7 Å². The third kappa shape index (κ3) is 4.44. The van der Waals surface area contributed by atoms with Gasteiger partial charge >= 0.3 is 0 Å². The van der Waals surface area contributed by atoms with E-state index >= 15 is 0 Å². The number of aromatic nitrogens is 2. The van der Waals surface area contributed by atoms with Gasteiger partial charge in [0.1, 0.15) is 5.75 Å². The van der Waals surface area contributed by atoms with Crippen LogP contribution >= 0.6 is 0 Å². The van der Waals surface area contributed by atoms with Gasteiger partial charge in [-0.25, -0.2) is 13.1 Å². The minimum absolute atomic E-state index is 0.170. The Bertz CT molecular complexity index is 861. The van der Waals surface area contributed by atoms with E-state index in [9.17, 15) is 8.42 Å². The molecule has 0 bridgehead atoms. The molecular formula is C18H26N4O3S. The summed E-state index contributed by atoms with van der Waals surface area (Å²) < 4.78 is 34.7. The van der Waals surface area contributed by atoms with Gasteiger partial charge in [0.2, 0.25) is 10.0 Å². The Morgan fingerprint density at radius 1 is 1.27 bits per heavy atom. The van der Waals surface area contributed by atoms with E-state index in [0.717, 1.165) is 37.6 Å². The minimum Gasteiger partial charge on any atom is -0.497 e. The average molecular weight is 378 g/mol. The lowest BCUT2D eigenvalue weighted by atomic mass is 10.2. The first-order valence-corrected chi connectivity index (χ1v) is 10.3. The molecule has 0 saturated carbocycles. The molecule has 1 aliphatic rings. The molecule has 1 aromatic carbocycles. The molecule has 0 fully saturated rings. The van der Waals surface area contributed by atoms with Crippen LogP contribution in [0.5, 0.6) is 5.75 Å². The van der Waals surface area contributed by atoms with Crippen molar-refractivity contribution in [1.29, 1.82) is 0 Å². The number of benzene rings is 1. The first-order valence-electron chi connectivity index (χ1n) is 8.79. The summed E-state index contributed by atoms with van der Waals surface area (Å²) in [6.45, 7) is 8.32. The zero-order valence-corrected chi connectivity index (χ0v) is 16.3. The molecule has 1 N–H and O–H groups in total. The van der Waals surface area contributed by atoms with Crippen LogP contribution in [-0.4, -0.2) is 43.3 Å². The lowest BCUT2D eigenvalue weighted by Crippen LogP contribution is -2.36. The highest BCUT2D eigenvalue weighted by molar-refractivity contribution is 7.89. The molecule has 1 aliphatic heterocycles. The Hall–Kier alpha value is -1.90. The van der Waals surface area contributed by atoms with Gasteiger partial charge in [-0.05, 0) is 24.1 Å². The summed E-state index contributed by atoms with van der Waals surface area (Å²) in [5, 5.41) is 4.53. The molecule has 2 aromatic rings. The number of ether oxygens (including phenoxy) is 1. The highest BCUT2D eigenvalue weighted by Crippen LogP contribution is 2.18. The van der Waals surface area contributed by atoms with E-state index in [1.165, 1.54) is 13.2 Å². The fourth-order valence-electron chi connectivity index (χ4n) is 3.16. The van der Waals surface area contributed by atoms with Crippen molar-refractivity contribution in [3.05, 3.63) is 41.7 Å². The van der Waals surface area contributed by atoms with Crippen molar-refractivity contribution >= 4 is 10.0 Å². The second kappa shape index (κ2) is 7.77. The predicted molar refractivity (Wildman–Crippen MR) is 99.4 cm³/mol. The van der Waals surface area contributed by atoms with Crippen LogP contribution < -0.4 is 9.46 Å². The van der Waals surface area contributed by atoms with Gasteiger partial charge in [-0.2, -0.15) is 5.10 Å². The second-order valence-electron chi connectivity index (χ2n) is 6.98. The standard InChI is InChI=1S/C18H26N4O3S/c1-14(2)12-21-7-8-22-16(13-21)9-15(20-22)11-19-26(23,24)18-6-4-5-17(10-18)25-3/h4-6,9-10,14,19H,7-8,11-13H2,1-3H3. The minimum atomic E-state index is -3.61. The van der Waals surface area contributed by atoms with Gasteiger partial charge in [0.15, 0.2) is 0 Å². The fraction of sp³-hybridized carbons (Fsp3) is 0.500. The zero-order valence-electron chi connectivity index (χ0n) is 15.5. The number of rotatable bonds is 7. The molecule has 0 spiro atoms. The Morgan fingerprint density at radius 3 is 2.81 bits per heavy atom. The van der Waals surface area contributed by atoms with E-state index in [4.69, 9.17) is 4.74 Å². The van der Waals surface area contributed by atoms with Crippen LogP contribution in [0.2, 0.25) is 0 Å². The Balaban J connectivity index is 1.66. The Kier molecular flexibility index (Phi) is 5.64. The van der Waals surface area contributed by atoms with Gasteiger partial charge in [0.25, 0.3) is 0 Å². The number of fused-ring (bicyclic) bond motifs is 1. The highest BCUT2D eigenvalue weighted by Gasteiger charge is 2.20. The monoisotopic (exact) mass is 378 g/mol. The van der Waals surface area contributed by atoms with E-state index < -0.39 is 10.0 Å². The molecule has 8 heteroatoms. The highest BCUT2D eigenvalue weighted by atomic mass is 32.2. The summed E-state index contributed by atoms with van der Waals surface area (Å²) in [7, 11) is -2.10. The number of hydrogen-bond acceptors (Lipinski definition) is 5. The van der Waals surface area contributed by atoms with Gasteiger partial charge in [0.05, 0.1) is 36.5 Å². The van der Waals surface area contributed by atoms with Gasteiger partial charge in [-0.15, -0.1) is 0 Å². The van der Waals surface area contributed by atoms with Gasteiger partial charge in [-0.3, -0.25) is 9.58 Å². The van der Waals surface area contributed by atoms with Crippen molar-refractivity contribution in [2.75, 3.05) is 20.2 Å². The smallest absolute Gasteiger partial charge is 0.241 e. The molecule has 0 aliphatic carbocycles. The van der Waals surface area contributed by atoms with Crippen molar-refractivity contribution in [2.24, 2.45) is 5.92 Å². The van der Waals surface area contributed by atoms with E-state index in [1.54, 1.807) is 18.2 Å². The van der Waals surface area contributed by atoms with E-state index in [0.29, 0.717) is 11.7 Å². The molecular weight excluding hydrogens is 352 g/mol. The molecule has 0 unspecified atom stereocenters. The number of methoxy groups -OCH3 is 1. The number of hydrogen-bond donors (Lipinski definition) is 1. The maximum atomic E-state index is 12.5. The third-order valence-corrected chi connectivity index (χ3v) is 5.74. The lowest BCUT2D eigenvalue weighted by molar-refractivity contribution is 0.192. The predicted octanol–water partition coefficient (Wildman–Crippen LogP) is 1.84. The van der Waals surface area contributed by atoms with Crippen LogP contribution in [0.15, 0.2) is 35.2 Å². The number of nitrogens with zero attached hydrogens (tertiary/aromatic N) is 3. The summed E-state index contributed by atoms with van der Waals surface area (Å²) in [4.78, 5) is 2.59. The topological polar surface area (TPSA) is 76.5 Å². The van der Waals surface area contributed by atoms with Crippen LogP contribution in [0.25, 0.3) is 0 Å². The molecule has 7 nitrogen and oxygen atoms in total. The van der Waals surface area contributed by atoms with Crippen LogP contribution in [0.3, 0.4) is 0 Å². The summed E-state index contributed by atoms with van der Waals surface area (Å²) in [5.41, 5.74) is 1.87. The Morgan fingerprint density at radius 2 is 2.08 bits per heavy atom. The summed E-state index contributed by atoms with van der Waals surface area (Å²) in [5.74, 6) is 1.13. The normalized spacial score (nSPS) is 15.2. The molecule has 0 amide bonds. The SMILES string of the molecule is COc1cccc(S(=O)(=O)NCc2cc3n(n2)CCN(CC(C)C)C3)c1. The zero-order chi connectivity index (χ0) is 18.7. The molecule has 0 radical (unpaired) electrons. The van der Waals surface area contributed by atoms with Crippen molar-refractivity contribution < 1.29 is 13.2 Å². The number of sulfonamides is 1. The molecule has 0 atom stereocenters. The molecule has 3 rings (SSSR count). The molecule has 142 valence electrons. The largest absolute Gasteiger partial charge is 0.497 e. The molecule has 0 saturated heterocycles. The molecule has 1 aromatic heterocycles. The number of nitrogens with one attached hydrogen (secondary N) is 1. The first-order chi connectivity index (χ1) is 12.4. The van der Waals surface area contributed by atoms with Gasteiger partial charge in [-0.1, -0.05) is 19.9 Å². The lowest BCUT2D eigenvalue weighted by Gasteiger charge is -2.28. The maximum absolute atomic E-state index is 12.5. The summed E-state index contributed by atoms with van der Waals surface area (Å²) in [6.07, 6.45) is 0. The second-order valence-corrected chi connectivity index (χ2v) is 8.75. The van der Waals surface area contributed by atoms with E-state index in [-0.39, 0.29) is 11.4 Å². The van der Waals surface area contributed by atoms with E-state index in [2.05, 4.69) is 28.6 Å². The van der Waals surface area contributed by atoms with Gasteiger partial charge < -0.3 is 4.74 Å². The van der Waals surface area contributed by atoms with Crippen LogP contribution in [0.4, 0.5) is 0 Å². The average Bonchev–Trinajstić information content (AvgIpc) is 3.02. The maximum Gasteiger partial charge on any atom is 0.241 e. The quantitative estimate of drug-likeness (QED) is 0.796. The van der Waals surface area contributed by atoms with Crippen molar-refractivity contribution in [1.82, 2.24) is 19.4 Å².